The van der Waals surface area contributed by atoms with Crippen molar-refractivity contribution in [3.8, 4) is 0 Å². The fraction of sp³-hybridized carbons (Fsp3) is 0.300. The van der Waals surface area contributed by atoms with Gasteiger partial charge in [-0.05, 0) is 25.0 Å². The van der Waals surface area contributed by atoms with E-state index in [9.17, 15) is 8.42 Å². The van der Waals surface area contributed by atoms with Gasteiger partial charge >= 0.3 is 0 Å². The van der Waals surface area contributed by atoms with Gasteiger partial charge in [0.05, 0.1) is 4.90 Å². The zero-order chi connectivity index (χ0) is 11.8. The Morgan fingerprint density at radius 1 is 1.31 bits per heavy atom. The molecule has 0 radical (unpaired) electrons. The molecule has 4 nitrogen and oxygen atoms in total. The normalized spacial score (nSPS) is 16.0. The standard InChI is InChI=1S/C10H12N2O2S2/c11-10(15)7-1-5-9(6-2-7)16(13,14)12-8-3-4-8/h1-2,5-6,8,12H,3-4H2,(H2,11,15). The van der Waals surface area contributed by atoms with Gasteiger partial charge in [0.2, 0.25) is 10.0 Å². The van der Waals surface area contributed by atoms with Crippen molar-refractivity contribution in [2.24, 2.45) is 5.73 Å². The fourth-order valence-electron chi connectivity index (χ4n) is 1.29. The zero-order valence-corrected chi connectivity index (χ0v) is 10.1. The molecule has 0 amide bonds. The molecule has 0 unspecified atom stereocenters. The summed E-state index contributed by atoms with van der Waals surface area (Å²) in [5.41, 5.74) is 6.10. The molecule has 0 spiro atoms. The van der Waals surface area contributed by atoms with Crippen LogP contribution in [0.3, 0.4) is 0 Å². The highest BCUT2D eigenvalue weighted by atomic mass is 32.2. The first kappa shape index (κ1) is 11.5. The summed E-state index contributed by atoms with van der Waals surface area (Å²) < 4.78 is 26.2. The van der Waals surface area contributed by atoms with Gasteiger partial charge in [0.15, 0.2) is 0 Å². The van der Waals surface area contributed by atoms with Crippen LogP contribution >= 0.6 is 12.2 Å². The van der Waals surface area contributed by atoms with E-state index in [2.05, 4.69) is 4.72 Å². The minimum absolute atomic E-state index is 0.111. The topological polar surface area (TPSA) is 72.2 Å². The van der Waals surface area contributed by atoms with Crippen molar-refractivity contribution in [2.45, 2.75) is 23.8 Å². The van der Waals surface area contributed by atoms with Gasteiger partial charge in [-0.3, -0.25) is 0 Å². The first-order valence-electron chi connectivity index (χ1n) is 4.91. The van der Waals surface area contributed by atoms with Crippen LogP contribution in [0.1, 0.15) is 18.4 Å². The SMILES string of the molecule is NC(=S)c1ccc(S(=O)(=O)NC2CC2)cc1. The maximum Gasteiger partial charge on any atom is 0.240 e. The van der Waals surface area contributed by atoms with E-state index in [1.54, 1.807) is 12.1 Å². The van der Waals surface area contributed by atoms with Crippen LogP contribution in [0.25, 0.3) is 0 Å². The number of thiocarbonyl (C=S) groups is 1. The lowest BCUT2D eigenvalue weighted by atomic mass is 10.2. The smallest absolute Gasteiger partial charge is 0.240 e. The van der Waals surface area contributed by atoms with E-state index >= 15 is 0 Å². The number of hydrogen-bond acceptors (Lipinski definition) is 3. The highest BCUT2D eigenvalue weighted by molar-refractivity contribution is 7.89. The zero-order valence-electron chi connectivity index (χ0n) is 8.51. The van der Waals surface area contributed by atoms with Crippen molar-refractivity contribution >= 4 is 27.2 Å². The molecule has 1 aliphatic rings. The van der Waals surface area contributed by atoms with E-state index in [1.165, 1.54) is 12.1 Å². The monoisotopic (exact) mass is 256 g/mol. The van der Waals surface area contributed by atoms with E-state index in [4.69, 9.17) is 18.0 Å². The summed E-state index contributed by atoms with van der Waals surface area (Å²) in [6.45, 7) is 0. The Bertz CT molecular complexity index is 504. The summed E-state index contributed by atoms with van der Waals surface area (Å²) >= 11 is 4.79. The Morgan fingerprint density at radius 3 is 2.31 bits per heavy atom. The lowest BCUT2D eigenvalue weighted by Crippen LogP contribution is -2.25. The van der Waals surface area contributed by atoms with Gasteiger partial charge in [0.1, 0.15) is 4.99 Å². The first-order chi connectivity index (χ1) is 7.49. The summed E-state index contributed by atoms with van der Waals surface area (Å²) in [6, 6.07) is 6.37. The van der Waals surface area contributed by atoms with Crippen LogP contribution < -0.4 is 10.5 Å². The molecule has 1 saturated carbocycles. The van der Waals surface area contributed by atoms with Crippen molar-refractivity contribution in [1.29, 1.82) is 0 Å². The predicted octanol–water partition coefficient (Wildman–Crippen LogP) is 0.761. The third kappa shape index (κ3) is 2.58. The van der Waals surface area contributed by atoms with Crippen molar-refractivity contribution in [3.05, 3.63) is 29.8 Å². The Morgan fingerprint density at radius 2 is 1.88 bits per heavy atom. The number of sulfonamides is 1. The summed E-state index contributed by atoms with van der Waals surface area (Å²) in [4.78, 5) is 0.513. The summed E-state index contributed by atoms with van der Waals surface area (Å²) in [7, 11) is -3.37. The molecule has 1 aromatic carbocycles. The molecule has 1 fully saturated rings. The molecule has 6 heteroatoms. The third-order valence-electron chi connectivity index (χ3n) is 2.35. The Labute approximate surface area is 99.9 Å². The molecule has 0 saturated heterocycles. The van der Waals surface area contributed by atoms with Gasteiger partial charge in [-0.2, -0.15) is 0 Å². The molecule has 1 aromatic rings. The largest absolute Gasteiger partial charge is 0.389 e. The van der Waals surface area contributed by atoms with Crippen LogP contribution in [-0.2, 0) is 10.0 Å². The molecule has 1 aliphatic carbocycles. The van der Waals surface area contributed by atoms with Crippen molar-refractivity contribution in [2.75, 3.05) is 0 Å². The number of benzene rings is 1. The predicted molar refractivity (Wildman–Crippen MR) is 65.7 cm³/mol. The lowest BCUT2D eigenvalue weighted by Gasteiger charge is -2.05. The maximum absolute atomic E-state index is 11.8. The minimum Gasteiger partial charge on any atom is -0.389 e. The average molecular weight is 256 g/mol. The van der Waals surface area contributed by atoms with Crippen LogP contribution in [0, 0.1) is 0 Å². The maximum atomic E-state index is 11.8. The van der Waals surface area contributed by atoms with Crippen LogP contribution in [0.2, 0.25) is 0 Å². The van der Waals surface area contributed by atoms with Crippen molar-refractivity contribution < 1.29 is 8.42 Å². The fourth-order valence-corrected chi connectivity index (χ4v) is 2.73. The van der Waals surface area contributed by atoms with E-state index in [0.717, 1.165) is 12.8 Å². The highest BCUT2D eigenvalue weighted by Crippen LogP contribution is 2.22. The molecule has 3 N–H and O–H groups in total. The quantitative estimate of drug-likeness (QED) is 0.780. The van der Waals surface area contributed by atoms with Gasteiger partial charge in [0.25, 0.3) is 0 Å². The third-order valence-corrected chi connectivity index (χ3v) is 4.12. The second kappa shape index (κ2) is 4.12. The van der Waals surface area contributed by atoms with Crippen LogP contribution in [-0.4, -0.2) is 19.4 Å². The summed E-state index contributed by atoms with van der Waals surface area (Å²) in [5, 5.41) is 0. The summed E-state index contributed by atoms with van der Waals surface area (Å²) in [6.07, 6.45) is 1.84. The molecule has 2 rings (SSSR count). The van der Waals surface area contributed by atoms with E-state index in [0.29, 0.717) is 5.56 Å². The van der Waals surface area contributed by atoms with Gasteiger partial charge in [-0.1, -0.05) is 24.4 Å². The average Bonchev–Trinajstić information content (AvgIpc) is 3.01. The minimum atomic E-state index is -3.37. The second-order valence-electron chi connectivity index (χ2n) is 3.78. The number of nitrogens with one attached hydrogen (secondary N) is 1. The first-order valence-corrected chi connectivity index (χ1v) is 6.80. The van der Waals surface area contributed by atoms with Gasteiger partial charge in [0, 0.05) is 11.6 Å². The van der Waals surface area contributed by atoms with Crippen LogP contribution in [0.4, 0.5) is 0 Å². The van der Waals surface area contributed by atoms with Crippen LogP contribution in [0.5, 0.6) is 0 Å². The van der Waals surface area contributed by atoms with Crippen LogP contribution in [0.15, 0.2) is 29.2 Å². The lowest BCUT2D eigenvalue weighted by molar-refractivity contribution is 0.581. The van der Waals surface area contributed by atoms with E-state index < -0.39 is 10.0 Å². The molecule has 0 aromatic heterocycles. The Kier molecular flexibility index (Phi) is 2.96. The van der Waals surface area contributed by atoms with E-state index in [1.807, 2.05) is 0 Å². The number of hydrogen-bond donors (Lipinski definition) is 2. The number of nitrogens with two attached hydrogens (primary N) is 1. The Balaban J connectivity index is 2.23. The van der Waals surface area contributed by atoms with Gasteiger partial charge in [-0.25, -0.2) is 13.1 Å². The van der Waals surface area contributed by atoms with Gasteiger partial charge in [-0.15, -0.1) is 0 Å². The molecular weight excluding hydrogens is 244 g/mol. The summed E-state index contributed by atoms with van der Waals surface area (Å²) in [5.74, 6) is 0. The molecule has 16 heavy (non-hydrogen) atoms. The van der Waals surface area contributed by atoms with Gasteiger partial charge < -0.3 is 5.73 Å². The van der Waals surface area contributed by atoms with Crippen molar-refractivity contribution in [1.82, 2.24) is 4.72 Å². The second-order valence-corrected chi connectivity index (χ2v) is 5.94. The van der Waals surface area contributed by atoms with E-state index in [-0.39, 0.29) is 15.9 Å². The molecule has 86 valence electrons. The molecular formula is C10H12N2O2S2. The molecule has 0 atom stereocenters. The highest BCUT2D eigenvalue weighted by Gasteiger charge is 2.27. The number of rotatable bonds is 4. The molecule has 0 heterocycles. The molecule has 0 bridgehead atoms. The van der Waals surface area contributed by atoms with Crippen molar-refractivity contribution in [3.63, 3.8) is 0 Å². The Hall–Kier alpha value is -0.980. The molecule has 0 aliphatic heterocycles.